The Kier molecular flexibility index (Phi) is 5.11. The van der Waals surface area contributed by atoms with Gasteiger partial charge in [-0.2, -0.15) is 5.10 Å². The van der Waals surface area contributed by atoms with Gasteiger partial charge in [-0.25, -0.2) is 18.1 Å². The fourth-order valence-corrected chi connectivity index (χ4v) is 2.98. The zero-order valence-corrected chi connectivity index (χ0v) is 12.9. The fraction of sp³-hybridized carbons (Fsp3) is 0.231. The first-order valence-electron chi connectivity index (χ1n) is 6.23. The van der Waals surface area contributed by atoms with E-state index < -0.39 is 10.0 Å². The van der Waals surface area contributed by atoms with E-state index in [0.717, 1.165) is 5.41 Å². The first-order valence-corrected chi connectivity index (χ1v) is 8.16. The van der Waals surface area contributed by atoms with Crippen molar-refractivity contribution in [2.75, 3.05) is 0 Å². The maximum Gasteiger partial charge on any atom is 0.234 e. The summed E-state index contributed by atoms with van der Waals surface area (Å²) in [4.78, 5) is 3.80. The van der Waals surface area contributed by atoms with Gasteiger partial charge < -0.3 is 0 Å². The van der Waals surface area contributed by atoms with Crippen molar-refractivity contribution < 1.29 is 8.42 Å². The average Bonchev–Trinajstić information content (AvgIpc) is 2.90. The Labute approximate surface area is 128 Å². The monoisotopic (exact) mass is 326 g/mol. The minimum absolute atomic E-state index is 0.312. The molecule has 1 atom stereocenters. The van der Waals surface area contributed by atoms with E-state index in [9.17, 15) is 8.42 Å². The molecule has 0 saturated carbocycles. The lowest BCUT2D eigenvalue weighted by Gasteiger charge is -2.11. The zero-order chi connectivity index (χ0) is 15.3. The predicted molar refractivity (Wildman–Crippen MR) is 82.0 cm³/mol. The van der Waals surface area contributed by atoms with Gasteiger partial charge in [0.1, 0.15) is 12.7 Å². The van der Waals surface area contributed by atoms with Crippen LogP contribution in [0, 0.1) is 0 Å². The van der Waals surface area contributed by atoms with Crippen LogP contribution in [0.4, 0.5) is 0 Å². The molecule has 0 bridgehead atoms. The number of nitrogens with zero attached hydrogens (tertiary/aromatic N) is 3. The van der Waals surface area contributed by atoms with Crippen molar-refractivity contribution in [1.29, 1.82) is 0 Å². The summed E-state index contributed by atoms with van der Waals surface area (Å²) in [5.41, 5.74) is 0.647. The Morgan fingerprint density at radius 1 is 1.43 bits per heavy atom. The molecular formula is C13H15ClN4O2S. The van der Waals surface area contributed by atoms with E-state index in [2.05, 4.69) is 14.8 Å². The number of benzene rings is 1. The van der Waals surface area contributed by atoms with E-state index in [1.165, 1.54) is 18.7 Å². The van der Waals surface area contributed by atoms with Crippen LogP contribution in [0.25, 0.3) is 6.08 Å². The Morgan fingerprint density at radius 3 is 2.86 bits per heavy atom. The number of nitrogens with one attached hydrogen (secondary N) is 1. The average molecular weight is 327 g/mol. The molecule has 6 nitrogen and oxygen atoms in total. The highest BCUT2D eigenvalue weighted by Gasteiger charge is 2.12. The molecule has 0 aliphatic carbocycles. The van der Waals surface area contributed by atoms with Crippen LogP contribution in [0.3, 0.4) is 0 Å². The van der Waals surface area contributed by atoms with Gasteiger partial charge in [0, 0.05) is 16.5 Å². The van der Waals surface area contributed by atoms with Gasteiger partial charge in [0.25, 0.3) is 0 Å². The first kappa shape index (κ1) is 15.7. The van der Waals surface area contributed by atoms with E-state index in [1.54, 1.807) is 35.9 Å². The second-order valence-electron chi connectivity index (χ2n) is 4.51. The standard InChI is InChI=1S/C13H15ClN4O2S/c1-11(8-18-10-15-9-16-18)17-21(19,20)7-6-12-4-2-3-5-13(12)14/h2-7,9-11,17H,8H2,1H3/b7-6+/t11-/m1/s1. The summed E-state index contributed by atoms with van der Waals surface area (Å²) in [6.45, 7) is 2.15. The molecule has 8 heteroatoms. The molecule has 0 aliphatic heterocycles. The topological polar surface area (TPSA) is 76.9 Å². The van der Waals surface area contributed by atoms with Crippen molar-refractivity contribution in [2.24, 2.45) is 0 Å². The third-order valence-corrected chi connectivity index (χ3v) is 4.19. The van der Waals surface area contributed by atoms with Crippen molar-refractivity contribution in [1.82, 2.24) is 19.5 Å². The van der Waals surface area contributed by atoms with Crippen LogP contribution in [0.5, 0.6) is 0 Å². The third kappa shape index (κ3) is 4.96. The molecule has 21 heavy (non-hydrogen) atoms. The second kappa shape index (κ2) is 6.84. The van der Waals surface area contributed by atoms with Crippen LogP contribution in [-0.2, 0) is 16.6 Å². The minimum atomic E-state index is -3.55. The van der Waals surface area contributed by atoms with Gasteiger partial charge in [-0.15, -0.1) is 0 Å². The molecule has 0 fully saturated rings. The van der Waals surface area contributed by atoms with Crippen LogP contribution >= 0.6 is 11.6 Å². The third-order valence-electron chi connectivity index (χ3n) is 2.62. The summed E-state index contributed by atoms with van der Waals surface area (Å²) >= 11 is 5.97. The number of hydrogen-bond donors (Lipinski definition) is 1. The summed E-state index contributed by atoms with van der Waals surface area (Å²) in [6.07, 6.45) is 4.40. The molecule has 0 aliphatic rings. The molecular weight excluding hydrogens is 312 g/mol. The van der Waals surface area contributed by atoms with Crippen molar-refractivity contribution in [3.05, 3.63) is 52.9 Å². The highest BCUT2D eigenvalue weighted by Crippen LogP contribution is 2.16. The van der Waals surface area contributed by atoms with Gasteiger partial charge in [-0.1, -0.05) is 29.8 Å². The highest BCUT2D eigenvalue weighted by molar-refractivity contribution is 7.92. The summed E-state index contributed by atoms with van der Waals surface area (Å²) in [5.74, 6) is 0. The van der Waals surface area contributed by atoms with Crippen LogP contribution in [0.15, 0.2) is 42.3 Å². The SMILES string of the molecule is C[C@H](Cn1cncn1)NS(=O)(=O)/C=C/c1ccccc1Cl. The molecule has 0 amide bonds. The summed E-state index contributed by atoms with van der Waals surface area (Å²) in [7, 11) is -3.55. The number of halogens is 1. The van der Waals surface area contributed by atoms with Crippen molar-refractivity contribution in [3.8, 4) is 0 Å². The van der Waals surface area contributed by atoms with E-state index in [4.69, 9.17) is 11.6 Å². The van der Waals surface area contributed by atoms with E-state index in [0.29, 0.717) is 17.1 Å². The summed E-state index contributed by atoms with van der Waals surface area (Å²) in [5, 5.41) is 5.53. The van der Waals surface area contributed by atoms with Gasteiger partial charge in [0.15, 0.2) is 0 Å². The molecule has 0 saturated heterocycles. The molecule has 0 unspecified atom stereocenters. The van der Waals surface area contributed by atoms with Crippen LogP contribution in [-0.4, -0.2) is 29.2 Å². The Balaban J connectivity index is 2.00. The molecule has 1 aromatic heterocycles. The molecule has 0 radical (unpaired) electrons. The Morgan fingerprint density at radius 2 is 2.19 bits per heavy atom. The zero-order valence-electron chi connectivity index (χ0n) is 11.3. The maximum atomic E-state index is 12.0. The molecule has 2 rings (SSSR count). The quantitative estimate of drug-likeness (QED) is 0.879. The number of hydrogen-bond acceptors (Lipinski definition) is 4. The summed E-state index contributed by atoms with van der Waals surface area (Å²) < 4.78 is 28.0. The van der Waals surface area contributed by atoms with Gasteiger partial charge in [-0.3, -0.25) is 4.68 Å². The highest BCUT2D eigenvalue weighted by atomic mass is 35.5. The van der Waals surface area contributed by atoms with Crippen LogP contribution in [0.2, 0.25) is 5.02 Å². The molecule has 2 aromatic rings. The number of aromatic nitrogens is 3. The molecule has 0 spiro atoms. The van der Waals surface area contributed by atoms with Crippen LogP contribution in [0.1, 0.15) is 12.5 Å². The largest absolute Gasteiger partial charge is 0.251 e. The lowest BCUT2D eigenvalue weighted by molar-refractivity contribution is 0.496. The predicted octanol–water partition coefficient (Wildman–Crippen LogP) is 1.91. The number of rotatable bonds is 6. The van der Waals surface area contributed by atoms with E-state index >= 15 is 0 Å². The lowest BCUT2D eigenvalue weighted by Crippen LogP contribution is -2.34. The van der Waals surface area contributed by atoms with Gasteiger partial charge in [-0.05, 0) is 24.6 Å². The molecule has 1 N–H and O–H groups in total. The smallest absolute Gasteiger partial charge is 0.234 e. The Hall–Kier alpha value is -1.70. The van der Waals surface area contributed by atoms with Crippen molar-refractivity contribution >= 4 is 27.7 Å². The van der Waals surface area contributed by atoms with Crippen LogP contribution < -0.4 is 4.72 Å². The molecule has 1 heterocycles. The van der Waals surface area contributed by atoms with Gasteiger partial charge in [0.2, 0.25) is 10.0 Å². The van der Waals surface area contributed by atoms with Crippen molar-refractivity contribution in [2.45, 2.75) is 19.5 Å². The first-order chi connectivity index (χ1) is 9.96. The Bertz CT molecular complexity index is 714. The molecule has 112 valence electrons. The normalized spacial score (nSPS) is 13.6. The second-order valence-corrected chi connectivity index (χ2v) is 6.51. The minimum Gasteiger partial charge on any atom is -0.251 e. The van der Waals surface area contributed by atoms with Gasteiger partial charge in [0.05, 0.1) is 6.54 Å². The number of sulfonamides is 1. The lowest BCUT2D eigenvalue weighted by atomic mass is 10.2. The van der Waals surface area contributed by atoms with E-state index in [1.807, 2.05) is 0 Å². The molecule has 1 aromatic carbocycles. The fourth-order valence-electron chi connectivity index (χ4n) is 1.74. The summed E-state index contributed by atoms with van der Waals surface area (Å²) in [6, 6.07) is 6.71. The maximum absolute atomic E-state index is 12.0. The van der Waals surface area contributed by atoms with Crippen molar-refractivity contribution in [3.63, 3.8) is 0 Å². The van der Waals surface area contributed by atoms with E-state index in [-0.39, 0.29) is 6.04 Å². The van der Waals surface area contributed by atoms with Gasteiger partial charge >= 0.3 is 0 Å².